The van der Waals surface area contributed by atoms with Gasteiger partial charge in [-0.15, -0.1) is 0 Å². The van der Waals surface area contributed by atoms with Gasteiger partial charge in [0.2, 0.25) is 0 Å². The molecular formula is C18H38N2. The van der Waals surface area contributed by atoms with Crippen molar-refractivity contribution >= 4 is 0 Å². The molecule has 2 unspecified atom stereocenters. The zero-order chi connectivity index (χ0) is 15.3. The minimum atomic E-state index is 0.259. The van der Waals surface area contributed by atoms with Crippen molar-refractivity contribution in [2.45, 2.75) is 98.2 Å². The van der Waals surface area contributed by atoms with Crippen LogP contribution in [-0.2, 0) is 0 Å². The first-order valence-corrected chi connectivity index (χ1v) is 8.78. The maximum absolute atomic E-state index is 6.54. The lowest BCUT2D eigenvalue weighted by Gasteiger charge is -2.46. The highest BCUT2D eigenvalue weighted by Gasteiger charge is 2.38. The second kappa shape index (κ2) is 7.79. The summed E-state index contributed by atoms with van der Waals surface area (Å²) in [5, 5.41) is 0. The third-order valence-electron chi connectivity index (χ3n) is 4.88. The van der Waals surface area contributed by atoms with Gasteiger partial charge >= 0.3 is 0 Å². The van der Waals surface area contributed by atoms with Crippen LogP contribution in [0.2, 0.25) is 0 Å². The van der Waals surface area contributed by atoms with Gasteiger partial charge in [0.05, 0.1) is 0 Å². The van der Waals surface area contributed by atoms with E-state index in [-0.39, 0.29) is 5.41 Å². The lowest BCUT2D eigenvalue weighted by Crippen LogP contribution is -2.57. The average molecular weight is 283 g/mol. The first kappa shape index (κ1) is 18.0. The van der Waals surface area contributed by atoms with Gasteiger partial charge in [-0.1, -0.05) is 54.4 Å². The molecule has 0 saturated heterocycles. The van der Waals surface area contributed by atoms with Gasteiger partial charge in [0.25, 0.3) is 0 Å². The highest BCUT2D eigenvalue weighted by atomic mass is 15.2. The molecule has 0 heterocycles. The molecule has 1 rings (SSSR count). The number of nitrogens with zero attached hydrogens (tertiary/aromatic N) is 1. The van der Waals surface area contributed by atoms with Crippen molar-refractivity contribution in [3.63, 3.8) is 0 Å². The monoisotopic (exact) mass is 282 g/mol. The highest BCUT2D eigenvalue weighted by Crippen LogP contribution is 2.34. The summed E-state index contributed by atoms with van der Waals surface area (Å²) in [5.41, 5.74) is 6.80. The lowest BCUT2D eigenvalue weighted by atomic mass is 9.79. The average Bonchev–Trinajstić information content (AvgIpc) is 2.85. The molecule has 0 bridgehead atoms. The molecule has 0 aromatic carbocycles. The van der Waals surface area contributed by atoms with Gasteiger partial charge in [0.1, 0.15) is 0 Å². The summed E-state index contributed by atoms with van der Waals surface area (Å²) in [7, 11) is 0. The van der Waals surface area contributed by atoms with Gasteiger partial charge in [0.15, 0.2) is 0 Å². The molecule has 0 aliphatic heterocycles. The fraction of sp³-hybridized carbons (Fsp3) is 1.00. The molecule has 120 valence electrons. The zero-order valence-corrected chi connectivity index (χ0v) is 14.8. The summed E-state index contributed by atoms with van der Waals surface area (Å²) in [4.78, 5) is 2.79. The van der Waals surface area contributed by atoms with Crippen LogP contribution in [0.15, 0.2) is 0 Å². The van der Waals surface area contributed by atoms with E-state index in [1.165, 1.54) is 38.6 Å². The standard InChI is InChI=1S/C18H38N2/c1-7-16(19)17(18(4,5)6)20(13-12-14(2)3)15-10-8-9-11-15/h14-17H,7-13,19H2,1-6H3. The van der Waals surface area contributed by atoms with E-state index in [0.717, 1.165) is 18.4 Å². The van der Waals surface area contributed by atoms with Crippen LogP contribution in [0.5, 0.6) is 0 Å². The molecule has 0 radical (unpaired) electrons. The van der Waals surface area contributed by atoms with Crippen LogP contribution in [-0.4, -0.2) is 29.6 Å². The minimum absolute atomic E-state index is 0.259. The van der Waals surface area contributed by atoms with E-state index >= 15 is 0 Å². The fourth-order valence-corrected chi connectivity index (χ4v) is 3.80. The van der Waals surface area contributed by atoms with E-state index in [2.05, 4.69) is 46.4 Å². The van der Waals surface area contributed by atoms with E-state index in [4.69, 9.17) is 5.73 Å². The Hall–Kier alpha value is -0.0800. The third kappa shape index (κ3) is 5.04. The van der Waals surface area contributed by atoms with Crippen molar-refractivity contribution in [1.29, 1.82) is 0 Å². The molecule has 2 nitrogen and oxygen atoms in total. The molecule has 0 aromatic heterocycles. The molecule has 0 spiro atoms. The van der Waals surface area contributed by atoms with E-state index in [0.29, 0.717) is 12.1 Å². The van der Waals surface area contributed by atoms with Crippen molar-refractivity contribution in [3.8, 4) is 0 Å². The Morgan fingerprint density at radius 1 is 1.15 bits per heavy atom. The maximum atomic E-state index is 6.54. The molecule has 1 aliphatic carbocycles. The summed E-state index contributed by atoms with van der Waals surface area (Å²) < 4.78 is 0. The van der Waals surface area contributed by atoms with E-state index in [1.807, 2.05) is 0 Å². The molecule has 2 atom stereocenters. The Kier molecular flexibility index (Phi) is 7.00. The van der Waals surface area contributed by atoms with Crippen molar-refractivity contribution in [2.24, 2.45) is 17.1 Å². The molecule has 2 heteroatoms. The molecule has 0 aromatic rings. The van der Waals surface area contributed by atoms with Crippen LogP contribution >= 0.6 is 0 Å². The minimum Gasteiger partial charge on any atom is -0.326 e. The van der Waals surface area contributed by atoms with Crippen LogP contribution in [0.25, 0.3) is 0 Å². The largest absolute Gasteiger partial charge is 0.326 e. The van der Waals surface area contributed by atoms with Gasteiger partial charge in [0, 0.05) is 18.1 Å². The Morgan fingerprint density at radius 2 is 1.70 bits per heavy atom. The van der Waals surface area contributed by atoms with Crippen molar-refractivity contribution < 1.29 is 0 Å². The van der Waals surface area contributed by atoms with Crippen LogP contribution < -0.4 is 5.73 Å². The van der Waals surface area contributed by atoms with E-state index < -0.39 is 0 Å². The number of hydrogen-bond acceptors (Lipinski definition) is 2. The first-order valence-electron chi connectivity index (χ1n) is 8.78. The van der Waals surface area contributed by atoms with E-state index in [1.54, 1.807) is 0 Å². The second-order valence-electron chi connectivity index (χ2n) is 8.24. The van der Waals surface area contributed by atoms with Crippen LogP contribution in [0.4, 0.5) is 0 Å². The Bertz CT molecular complexity index is 261. The summed E-state index contributed by atoms with van der Waals surface area (Å²) >= 11 is 0. The van der Waals surface area contributed by atoms with Gasteiger partial charge in [-0.05, 0) is 43.6 Å². The predicted octanol–water partition coefficient (Wildman–Crippen LogP) is 4.43. The summed E-state index contributed by atoms with van der Waals surface area (Å²) in [6.07, 6.45) is 7.93. The number of rotatable bonds is 7. The normalized spacial score (nSPS) is 20.9. The maximum Gasteiger partial charge on any atom is 0.0298 e. The molecule has 1 fully saturated rings. The molecule has 0 amide bonds. The highest BCUT2D eigenvalue weighted by molar-refractivity contribution is 4.94. The van der Waals surface area contributed by atoms with Gasteiger partial charge < -0.3 is 5.73 Å². The summed E-state index contributed by atoms with van der Waals surface area (Å²) in [6.45, 7) is 15.2. The van der Waals surface area contributed by atoms with Crippen molar-refractivity contribution in [2.75, 3.05) is 6.54 Å². The quantitative estimate of drug-likeness (QED) is 0.748. The predicted molar refractivity (Wildman–Crippen MR) is 89.9 cm³/mol. The van der Waals surface area contributed by atoms with Crippen molar-refractivity contribution in [1.82, 2.24) is 4.90 Å². The topological polar surface area (TPSA) is 29.3 Å². The Morgan fingerprint density at radius 3 is 2.10 bits per heavy atom. The van der Waals surface area contributed by atoms with E-state index in [9.17, 15) is 0 Å². The Balaban J connectivity index is 2.90. The third-order valence-corrected chi connectivity index (χ3v) is 4.88. The fourth-order valence-electron chi connectivity index (χ4n) is 3.80. The molecule has 1 aliphatic rings. The first-order chi connectivity index (χ1) is 9.27. The van der Waals surface area contributed by atoms with Crippen LogP contribution in [0.1, 0.15) is 80.1 Å². The van der Waals surface area contributed by atoms with Crippen LogP contribution in [0, 0.1) is 11.3 Å². The SMILES string of the molecule is CCC(N)C(N(CCC(C)C)C1CCCC1)C(C)(C)C. The zero-order valence-electron chi connectivity index (χ0n) is 14.8. The van der Waals surface area contributed by atoms with Crippen LogP contribution in [0.3, 0.4) is 0 Å². The molecule has 20 heavy (non-hydrogen) atoms. The van der Waals surface area contributed by atoms with Crippen molar-refractivity contribution in [3.05, 3.63) is 0 Å². The second-order valence-corrected chi connectivity index (χ2v) is 8.24. The molecule has 1 saturated carbocycles. The lowest BCUT2D eigenvalue weighted by molar-refractivity contribution is 0.0370. The summed E-state index contributed by atoms with van der Waals surface area (Å²) in [6, 6.07) is 1.58. The summed E-state index contributed by atoms with van der Waals surface area (Å²) in [5.74, 6) is 0.775. The van der Waals surface area contributed by atoms with Gasteiger partial charge in [-0.3, -0.25) is 4.90 Å². The molecular weight excluding hydrogens is 244 g/mol. The van der Waals surface area contributed by atoms with Gasteiger partial charge in [-0.2, -0.15) is 0 Å². The number of hydrogen-bond donors (Lipinski definition) is 1. The molecule has 2 N–H and O–H groups in total. The smallest absolute Gasteiger partial charge is 0.0298 e. The van der Waals surface area contributed by atoms with Gasteiger partial charge in [-0.25, -0.2) is 0 Å². The number of nitrogens with two attached hydrogens (primary N) is 1. The Labute approximate surface area is 127 Å².